The number of hydrogen-bond acceptors (Lipinski definition) is 3. The summed E-state index contributed by atoms with van der Waals surface area (Å²) < 4.78 is 6.36. The zero-order chi connectivity index (χ0) is 11.3. The zero-order valence-corrected chi connectivity index (χ0v) is 11.4. The molecule has 0 heterocycles. The highest BCUT2D eigenvalue weighted by Crippen LogP contribution is 2.24. The first-order chi connectivity index (χ1) is 7.17. The quantitative estimate of drug-likeness (QED) is 0.905. The number of methoxy groups -OCH3 is 1. The molecule has 1 aromatic rings. The molecule has 0 aliphatic heterocycles. The van der Waals surface area contributed by atoms with Gasteiger partial charge in [-0.1, -0.05) is 15.9 Å². The number of thioether (sulfide) groups is 1. The molecule has 1 rings (SSSR count). The molecule has 0 aliphatic rings. The van der Waals surface area contributed by atoms with Gasteiger partial charge in [0.2, 0.25) is 0 Å². The average Bonchev–Trinajstić information content (AvgIpc) is 2.18. The topological polar surface area (TPSA) is 35.2 Å². The molecule has 0 saturated carbocycles. The Hall–Kier alpha value is -0.190. The van der Waals surface area contributed by atoms with Gasteiger partial charge in [-0.25, -0.2) is 0 Å². The van der Waals surface area contributed by atoms with Crippen molar-refractivity contribution in [2.24, 2.45) is 5.73 Å². The Bertz CT molecular complexity index is 319. The maximum Gasteiger partial charge on any atom is 0.122 e. The number of ether oxygens (including phenoxy) is 1. The molecule has 2 N–H and O–H groups in total. The smallest absolute Gasteiger partial charge is 0.122 e. The molecule has 0 radical (unpaired) electrons. The van der Waals surface area contributed by atoms with E-state index in [0.717, 1.165) is 28.0 Å². The predicted molar refractivity (Wildman–Crippen MR) is 70.8 cm³/mol. The van der Waals surface area contributed by atoms with Crippen LogP contribution in [0.5, 0.6) is 5.75 Å². The van der Waals surface area contributed by atoms with Gasteiger partial charge in [0.05, 0.1) is 7.11 Å². The molecule has 0 saturated heterocycles. The van der Waals surface area contributed by atoms with Gasteiger partial charge in [0.15, 0.2) is 0 Å². The van der Waals surface area contributed by atoms with Crippen LogP contribution < -0.4 is 10.5 Å². The molecule has 0 bridgehead atoms. The summed E-state index contributed by atoms with van der Waals surface area (Å²) in [6.45, 7) is 0. The highest BCUT2D eigenvalue weighted by molar-refractivity contribution is 9.10. The number of nitrogens with two attached hydrogens (primary N) is 1. The third kappa shape index (κ3) is 4.05. The van der Waals surface area contributed by atoms with Crippen LogP contribution >= 0.6 is 27.7 Å². The number of benzene rings is 1. The minimum absolute atomic E-state index is 0.184. The summed E-state index contributed by atoms with van der Waals surface area (Å²) in [5.41, 5.74) is 7.16. The van der Waals surface area contributed by atoms with Gasteiger partial charge in [0.25, 0.3) is 0 Å². The SMILES string of the molecule is COc1ccc(Br)cc1CC(N)CSC. The maximum atomic E-state index is 6.00. The summed E-state index contributed by atoms with van der Waals surface area (Å²) in [6.07, 6.45) is 2.92. The van der Waals surface area contributed by atoms with Gasteiger partial charge < -0.3 is 10.5 Å². The molecule has 1 unspecified atom stereocenters. The van der Waals surface area contributed by atoms with Crippen molar-refractivity contribution >= 4 is 27.7 Å². The normalized spacial score (nSPS) is 12.5. The van der Waals surface area contributed by atoms with Crippen molar-refractivity contribution in [1.29, 1.82) is 0 Å². The van der Waals surface area contributed by atoms with Gasteiger partial charge in [-0.2, -0.15) is 11.8 Å². The summed E-state index contributed by atoms with van der Waals surface area (Å²) in [4.78, 5) is 0. The van der Waals surface area contributed by atoms with E-state index in [2.05, 4.69) is 28.3 Å². The van der Waals surface area contributed by atoms with Crippen LogP contribution in [0.3, 0.4) is 0 Å². The molecule has 1 atom stereocenters. The minimum atomic E-state index is 0.184. The third-order valence-electron chi connectivity index (χ3n) is 2.11. The van der Waals surface area contributed by atoms with Gasteiger partial charge in [-0.05, 0) is 36.4 Å². The van der Waals surface area contributed by atoms with E-state index in [9.17, 15) is 0 Å². The first kappa shape index (κ1) is 12.9. The lowest BCUT2D eigenvalue weighted by atomic mass is 10.1. The zero-order valence-electron chi connectivity index (χ0n) is 9.00. The Morgan fingerprint density at radius 3 is 2.87 bits per heavy atom. The fourth-order valence-corrected chi connectivity index (χ4v) is 2.42. The highest BCUT2D eigenvalue weighted by Gasteiger charge is 2.08. The number of halogens is 1. The van der Waals surface area contributed by atoms with E-state index in [1.54, 1.807) is 18.9 Å². The molecular weight excluding hydrogens is 274 g/mol. The summed E-state index contributed by atoms with van der Waals surface area (Å²) in [5.74, 6) is 1.88. The summed E-state index contributed by atoms with van der Waals surface area (Å²) in [7, 11) is 1.69. The standard InChI is InChI=1S/C11H16BrNOS/c1-14-11-4-3-9(12)5-8(11)6-10(13)7-15-2/h3-5,10H,6-7,13H2,1-2H3. The Kier molecular flexibility index (Phi) is 5.50. The number of rotatable bonds is 5. The van der Waals surface area contributed by atoms with E-state index in [0.29, 0.717) is 0 Å². The molecule has 15 heavy (non-hydrogen) atoms. The van der Waals surface area contributed by atoms with Crippen molar-refractivity contribution in [1.82, 2.24) is 0 Å². The van der Waals surface area contributed by atoms with E-state index >= 15 is 0 Å². The van der Waals surface area contributed by atoms with Crippen molar-refractivity contribution in [2.75, 3.05) is 19.1 Å². The molecule has 2 nitrogen and oxygen atoms in total. The Labute approximate surface area is 104 Å². The Morgan fingerprint density at radius 2 is 2.27 bits per heavy atom. The molecule has 0 fully saturated rings. The monoisotopic (exact) mass is 289 g/mol. The van der Waals surface area contributed by atoms with Crippen LogP contribution in [0.15, 0.2) is 22.7 Å². The first-order valence-corrected chi connectivity index (χ1v) is 6.93. The van der Waals surface area contributed by atoms with Crippen molar-refractivity contribution in [2.45, 2.75) is 12.5 Å². The van der Waals surface area contributed by atoms with Crippen molar-refractivity contribution in [3.63, 3.8) is 0 Å². The van der Waals surface area contributed by atoms with Gasteiger partial charge >= 0.3 is 0 Å². The van der Waals surface area contributed by atoms with Crippen LogP contribution in [0.1, 0.15) is 5.56 Å². The van der Waals surface area contributed by atoms with Crippen LogP contribution in [0.2, 0.25) is 0 Å². The van der Waals surface area contributed by atoms with E-state index in [1.807, 2.05) is 12.1 Å². The lowest BCUT2D eigenvalue weighted by Crippen LogP contribution is -2.25. The van der Waals surface area contributed by atoms with Gasteiger partial charge in [0, 0.05) is 16.3 Å². The fourth-order valence-electron chi connectivity index (χ4n) is 1.46. The van der Waals surface area contributed by atoms with Crippen molar-refractivity contribution in [3.05, 3.63) is 28.2 Å². The predicted octanol–water partition coefficient (Wildman–Crippen LogP) is 2.69. The van der Waals surface area contributed by atoms with E-state index in [1.165, 1.54) is 0 Å². The number of hydrogen-bond donors (Lipinski definition) is 1. The summed E-state index contributed by atoms with van der Waals surface area (Å²) >= 11 is 5.22. The van der Waals surface area contributed by atoms with Crippen molar-refractivity contribution in [3.8, 4) is 5.75 Å². The summed E-state index contributed by atoms with van der Waals surface area (Å²) in [5, 5.41) is 0. The van der Waals surface area contributed by atoms with Gasteiger partial charge in [-0.15, -0.1) is 0 Å². The second-order valence-corrected chi connectivity index (χ2v) is 5.20. The fraction of sp³-hybridized carbons (Fsp3) is 0.455. The second-order valence-electron chi connectivity index (χ2n) is 3.38. The van der Waals surface area contributed by atoms with E-state index in [4.69, 9.17) is 10.5 Å². The van der Waals surface area contributed by atoms with E-state index in [-0.39, 0.29) is 6.04 Å². The molecule has 0 aromatic heterocycles. The first-order valence-electron chi connectivity index (χ1n) is 4.74. The van der Waals surface area contributed by atoms with Gasteiger partial charge in [-0.3, -0.25) is 0 Å². The lowest BCUT2D eigenvalue weighted by Gasteiger charge is -2.13. The second kappa shape index (κ2) is 6.40. The Morgan fingerprint density at radius 1 is 1.53 bits per heavy atom. The van der Waals surface area contributed by atoms with Crippen LogP contribution in [-0.4, -0.2) is 25.2 Å². The Balaban J connectivity index is 2.77. The maximum absolute atomic E-state index is 6.00. The minimum Gasteiger partial charge on any atom is -0.496 e. The average molecular weight is 290 g/mol. The van der Waals surface area contributed by atoms with Gasteiger partial charge in [0.1, 0.15) is 5.75 Å². The largest absolute Gasteiger partial charge is 0.496 e. The lowest BCUT2D eigenvalue weighted by molar-refractivity contribution is 0.408. The molecule has 0 spiro atoms. The molecule has 4 heteroatoms. The van der Waals surface area contributed by atoms with E-state index < -0.39 is 0 Å². The molecule has 1 aromatic carbocycles. The molecule has 0 aliphatic carbocycles. The van der Waals surface area contributed by atoms with Crippen LogP contribution in [0.25, 0.3) is 0 Å². The molecule has 0 amide bonds. The third-order valence-corrected chi connectivity index (χ3v) is 3.36. The molecular formula is C11H16BrNOS. The van der Waals surface area contributed by atoms with Crippen molar-refractivity contribution < 1.29 is 4.74 Å². The summed E-state index contributed by atoms with van der Waals surface area (Å²) in [6, 6.07) is 6.19. The molecule has 84 valence electrons. The highest BCUT2D eigenvalue weighted by atomic mass is 79.9. The van der Waals surface area contributed by atoms with Crippen LogP contribution in [-0.2, 0) is 6.42 Å². The van der Waals surface area contributed by atoms with Crippen LogP contribution in [0, 0.1) is 0 Å². The van der Waals surface area contributed by atoms with Crippen LogP contribution in [0.4, 0.5) is 0 Å².